The fourth-order valence-corrected chi connectivity index (χ4v) is 2.19. The molecule has 0 aliphatic carbocycles. The predicted octanol–water partition coefficient (Wildman–Crippen LogP) is 4.04. The van der Waals surface area contributed by atoms with Crippen molar-refractivity contribution in [2.45, 2.75) is 53.0 Å². The first kappa shape index (κ1) is 16.0. The summed E-state index contributed by atoms with van der Waals surface area (Å²) in [5.41, 5.74) is 1.69. The van der Waals surface area contributed by atoms with Crippen molar-refractivity contribution >= 4 is 0 Å². The van der Waals surface area contributed by atoms with Crippen LogP contribution in [0.25, 0.3) is 0 Å². The van der Waals surface area contributed by atoms with Crippen LogP contribution in [0.5, 0.6) is 5.75 Å². The van der Waals surface area contributed by atoms with Crippen molar-refractivity contribution in [1.29, 1.82) is 0 Å². The third kappa shape index (κ3) is 4.87. The second kappa shape index (κ2) is 7.54. The van der Waals surface area contributed by atoms with E-state index in [0.717, 1.165) is 18.7 Å². The maximum atomic E-state index is 5.21. The molecule has 0 amide bonds. The van der Waals surface area contributed by atoms with Crippen molar-refractivity contribution in [3.05, 3.63) is 29.8 Å². The molecule has 0 aliphatic rings. The number of rotatable bonds is 8. The van der Waals surface area contributed by atoms with E-state index in [4.69, 9.17) is 4.74 Å². The Bertz CT molecular complexity index is 356. The van der Waals surface area contributed by atoms with E-state index in [1.807, 2.05) is 12.1 Å². The van der Waals surface area contributed by atoms with E-state index in [0.29, 0.717) is 11.5 Å². The van der Waals surface area contributed by atoms with Crippen molar-refractivity contribution in [2.24, 2.45) is 5.41 Å². The van der Waals surface area contributed by atoms with Gasteiger partial charge in [0.05, 0.1) is 7.11 Å². The number of methoxy groups -OCH3 is 1. The monoisotopic (exact) mass is 263 g/mol. The van der Waals surface area contributed by atoms with Gasteiger partial charge in [-0.3, -0.25) is 0 Å². The molecular formula is C17H29NO. The van der Waals surface area contributed by atoms with Gasteiger partial charge in [0.1, 0.15) is 5.75 Å². The van der Waals surface area contributed by atoms with E-state index < -0.39 is 0 Å². The van der Waals surface area contributed by atoms with E-state index in [1.165, 1.54) is 18.4 Å². The SMILES string of the molecule is CCCNC(Cc1ccc(OC)cc1)C(C)(C)CC. The van der Waals surface area contributed by atoms with Crippen molar-refractivity contribution < 1.29 is 4.74 Å². The number of benzene rings is 1. The van der Waals surface area contributed by atoms with Crippen LogP contribution in [0.2, 0.25) is 0 Å². The maximum absolute atomic E-state index is 5.21. The van der Waals surface area contributed by atoms with Crippen LogP contribution in [-0.2, 0) is 6.42 Å². The van der Waals surface area contributed by atoms with Crippen LogP contribution in [0.1, 0.15) is 46.1 Å². The quantitative estimate of drug-likeness (QED) is 0.764. The first-order chi connectivity index (χ1) is 9.03. The zero-order valence-corrected chi connectivity index (χ0v) is 13.1. The summed E-state index contributed by atoms with van der Waals surface area (Å²) in [4.78, 5) is 0. The summed E-state index contributed by atoms with van der Waals surface area (Å²) in [7, 11) is 1.71. The van der Waals surface area contributed by atoms with E-state index in [1.54, 1.807) is 7.11 Å². The molecule has 1 aromatic carbocycles. The lowest BCUT2D eigenvalue weighted by atomic mass is 9.79. The average Bonchev–Trinajstić information content (AvgIpc) is 2.43. The van der Waals surface area contributed by atoms with Gasteiger partial charge in [0.25, 0.3) is 0 Å². The molecule has 2 heteroatoms. The highest BCUT2D eigenvalue weighted by atomic mass is 16.5. The van der Waals surface area contributed by atoms with Gasteiger partial charge >= 0.3 is 0 Å². The van der Waals surface area contributed by atoms with Crippen molar-refractivity contribution in [2.75, 3.05) is 13.7 Å². The smallest absolute Gasteiger partial charge is 0.118 e. The normalized spacial score (nSPS) is 13.3. The lowest BCUT2D eigenvalue weighted by Gasteiger charge is -2.34. The minimum atomic E-state index is 0.315. The topological polar surface area (TPSA) is 21.3 Å². The molecule has 19 heavy (non-hydrogen) atoms. The largest absolute Gasteiger partial charge is 0.497 e. The molecule has 0 aliphatic heterocycles. The summed E-state index contributed by atoms with van der Waals surface area (Å²) in [6, 6.07) is 8.96. The maximum Gasteiger partial charge on any atom is 0.118 e. The van der Waals surface area contributed by atoms with Crippen LogP contribution in [0, 0.1) is 5.41 Å². The second-order valence-electron chi connectivity index (χ2n) is 5.90. The molecule has 1 atom stereocenters. The number of nitrogens with one attached hydrogen (secondary N) is 1. The molecular weight excluding hydrogens is 234 g/mol. The zero-order valence-electron chi connectivity index (χ0n) is 13.1. The summed E-state index contributed by atoms with van der Waals surface area (Å²) in [6.07, 6.45) is 3.44. The minimum absolute atomic E-state index is 0.315. The Labute approximate surface area is 118 Å². The Morgan fingerprint density at radius 1 is 1.16 bits per heavy atom. The fraction of sp³-hybridized carbons (Fsp3) is 0.647. The van der Waals surface area contributed by atoms with E-state index in [-0.39, 0.29) is 0 Å². The molecule has 0 saturated heterocycles. The molecule has 0 radical (unpaired) electrons. The number of hydrogen-bond donors (Lipinski definition) is 1. The van der Waals surface area contributed by atoms with E-state index in [9.17, 15) is 0 Å². The highest BCUT2D eigenvalue weighted by Crippen LogP contribution is 2.27. The molecule has 1 unspecified atom stereocenters. The lowest BCUT2D eigenvalue weighted by Crippen LogP contribution is -2.43. The molecule has 0 fully saturated rings. The fourth-order valence-electron chi connectivity index (χ4n) is 2.19. The van der Waals surface area contributed by atoms with Gasteiger partial charge in [-0.05, 0) is 48.9 Å². The average molecular weight is 263 g/mol. The van der Waals surface area contributed by atoms with Crippen molar-refractivity contribution in [3.63, 3.8) is 0 Å². The van der Waals surface area contributed by atoms with Crippen LogP contribution >= 0.6 is 0 Å². The van der Waals surface area contributed by atoms with Gasteiger partial charge in [-0.15, -0.1) is 0 Å². The summed E-state index contributed by atoms with van der Waals surface area (Å²) in [5.74, 6) is 0.927. The van der Waals surface area contributed by atoms with Gasteiger partial charge in [0.15, 0.2) is 0 Å². The minimum Gasteiger partial charge on any atom is -0.497 e. The Kier molecular flexibility index (Phi) is 6.36. The van der Waals surface area contributed by atoms with Gasteiger partial charge < -0.3 is 10.1 Å². The van der Waals surface area contributed by atoms with Gasteiger partial charge in [0, 0.05) is 6.04 Å². The van der Waals surface area contributed by atoms with Crippen LogP contribution in [0.3, 0.4) is 0 Å². The first-order valence-electron chi connectivity index (χ1n) is 7.39. The summed E-state index contributed by atoms with van der Waals surface area (Å²) in [5, 5.41) is 3.71. The highest BCUT2D eigenvalue weighted by Gasteiger charge is 2.27. The zero-order chi connectivity index (χ0) is 14.3. The molecule has 0 spiro atoms. The molecule has 1 aromatic rings. The van der Waals surface area contributed by atoms with Crippen molar-refractivity contribution in [1.82, 2.24) is 5.32 Å². The second-order valence-corrected chi connectivity index (χ2v) is 5.90. The molecule has 2 nitrogen and oxygen atoms in total. The van der Waals surface area contributed by atoms with Gasteiger partial charge in [-0.2, -0.15) is 0 Å². The molecule has 0 aromatic heterocycles. The molecule has 0 saturated carbocycles. The molecule has 108 valence electrons. The lowest BCUT2D eigenvalue weighted by molar-refractivity contribution is 0.230. The third-order valence-corrected chi connectivity index (χ3v) is 4.09. The van der Waals surface area contributed by atoms with Crippen molar-refractivity contribution in [3.8, 4) is 5.75 Å². The van der Waals surface area contributed by atoms with Gasteiger partial charge in [0.2, 0.25) is 0 Å². The van der Waals surface area contributed by atoms with Crippen LogP contribution in [0.4, 0.5) is 0 Å². The predicted molar refractivity (Wildman–Crippen MR) is 82.9 cm³/mol. The molecule has 0 bridgehead atoms. The highest BCUT2D eigenvalue weighted by molar-refractivity contribution is 5.27. The van der Waals surface area contributed by atoms with Crippen LogP contribution in [0.15, 0.2) is 24.3 Å². The van der Waals surface area contributed by atoms with E-state index >= 15 is 0 Å². The van der Waals surface area contributed by atoms with Crippen LogP contribution < -0.4 is 10.1 Å². The Morgan fingerprint density at radius 3 is 2.26 bits per heavy atom. The Balaban J connectivity index is 2.75. The summed E-state index contributed by atoms with van der Waals surface area (Å²) >= 11 is 0. The Hall–Kier alpha value is -1.02. The summed E-state index contributed by atoms with van der Waals surface area (Å²) < 4.78 is 5.21. The number of ether oxygens (including phenoxy) is 1. The molecule has 0 heterocycles. The molecule has 1 N–H and O–H groups in total. The summed E-state index contributed by atoms with van der Waals surface area (Å²) in [6.45, 7) is 10.3. The van der Waals surface area contributed by atoms with Crippen LogP contribution in [-0.4, -0.2) is 19.7 Å². The van der Waals surface area contributed by atoms with Gasteiger partial charge in [-0.25, -0.2) is 0 Å². The Morgan fingerprint density at radius 2 is 1.79 bits per heavy atom. The third-order valence-electron chi connectivity index (χ3n) is 4.09. The van der Waals surface area contributed by atoms with Gasteiger partial charge in [-0.1, -0.05) is 39.8 Å². The molecule has 1 rings (SSSR count). The standard InChI is InChI=1S/C17H29NO/c1-6-12-18-16(17(3,4)7-2)13-14-8-10-15(19-5)11-9-14/h8-11,16,18H,6-7,12-13H2,1-5H3. The van der Waals surface area contributed by atoms with E-state index in [2.05, 4.69) is 45.1 Å². The number of hydrogen-bond acceptors (Lipinski definition) is 2. The first-order valence-corrected chi connectivity index (χ1v) is 7.39.